The summed E-state index contributed by atoms with van der Waals surface area (Å²) < 4.78 is 2.06. The molecule has 0 amide bonds. The van der Waals surface area contributed by atoms with Crippen LogP contribution >= 0.6 is 23.2 Å². The summed E-state index contributed by atoms with van der Waals surface area (Å²) in [6.45, 7) is 9.36. The van der Waals surface area contributed by atoms with Gasteiger partial charge in [-0.2, -0.15) is 5.10 Å². The predicted molar refractivity (Wildman–Crippen MR) is 105 cm³/mol. The molecule has 4 nitrogen and oxygen atoms in total. The zero-order valence-corrected chi connectivity index (χ0v) is 16.1. The zero-order chi connectivity index (χ0) is 17.7. The standard InChI is InChI=1S/C19H20Cl2N4/c1-11(2)10-24-6-7-25-19-16(24)8-12(3)22-18(19)17(23-25)14-5-4-13(20)9-15(14)21/h4-5,8-9,11H,6-7,10H2,1-3H3. The van der Waals surface area contributed by atoms with E-state index in [0.29, 0.717) is 16.0 Å². The second kappa shape index (κ2) is 6.19. The number of aryl methyl sites for hydroxylation is 1. The summed E-state index contributed by atoms with van der Waals surface area (Å²) in [6, 6.07) is 7.68. The molecule has 3 aromatic rings. The molecule has 3 heterocycles. The minimum Gasteiger partial charge on any atom is -0.368 e. The van der Waals surface area contributed by atoms with Gasteiger partial charge < -0.3 is 4.90 Å². The van der Waals surface area contributed by atoms with Gasteiger partial charge in [-0.05, 0) is 37.1 Å². The third kappa shape index (κ3) is 2.87. The Morgan fingerprint density at radius 3 is 2.68 bits per heavy atom. The Balaban J connectivity index is 1.95. The van der Waals surface area contributed by atoms with Crippen molar-refractivity contribution in [3.63, 3.8) is 0 Å². The molecule has 0 unspecified atom stereocenters. The molecular weight excluding hydrogens is 355 g/mol. The average Bonchev–Trinajstić information content (AvgIpc) is 2.89. The first-order valence-electron chi connectivity index (χ1n) is 8.52. The summed E-state index contributed by atoms with van der Waals surface area (Å²) in [5.74, 6) is 0.600. The summed E-state index contributed by atoms with van der Waals surface area (Å²) in [6.07, 6.45) is 0. The van der Waals surface area contributed by atoms with Crippen LogP contribution in [0.2, 0.25) is 10.0 Å². The van der Waals surface area contributed by atoms with Crippen LogP contribution in [0.15, 0.2) is 24.3 Å². The Kier molecular flexibility index (Phi) is 4.13. The highest BCUT2D eigenvalue weighted by Crippen LogP contribution is 2.38. The molecule has 25 heavy (non-hydrogen) atoms. The largest absolute Gasteiger partial charge is 0.368 e. The minimum absolute atomic E-state index is 0.599. The van der Waals surface area contributed by atoms with Gasteiger partial charge in [0.2, 0.25) is 0 Å². The molecule has 4 rings (SSSR count). The van der Waals surface area contributed by atoms with E-state index in [0.717, 1.165) is 47.6 Å². The Hall–Kier alpha value is -1.78. The van der Waals surface area contributed by atoms with Gasteiger partial charge >= 0.3 is 0 Å². The van der Waals surface area contributed by atoms with E-state index in [4.69, 9.17) is 33.3 Å². The molecule has 0 bridgehead atoms. The van der Waals surface area contributed by atoms with E-state index in [1.54, 1.807) is 6.07 Å². The van der Waals surface area contributed by atoms with Gasteiger partial charge in [-0.25, -0.2) is 4.98 Å². The van der Waals surface area contributed by atoms with Crippen LogP contribution in [-0.2, 0) is 6.54 Å². The quantitative estimate of drug-likeness (QED) is 0.632. The maximum absolute atomic E-state index is 6.44. The van der Waals surface area contributed by atoms with Crippen molar-refractivity contribution >= 4 is 39.9 Å². The summed E-state index contributed by atoms with van der Waals surface area (Å²) in [4.78, 5) is 7.23. The number of anilines is 1. The van der Waals surface area contributed by atoms with Crippen LogP contribution in [0.4, 0.5) is 5.69 Å². The molecule has 0 saturated heterocycles. The van der Waals surface area contributed by atoms with Gasteiger partial charge in [-0.15, -0.1) is 0 Å². The third-order valence-electron chi connectivity index (χ3n) is 4.50. The van der Waals surface area contributed by atoms with Crippen LogP contribution in [0.3, 0.4) is 0 Å². The van der Waals surface area contributed by atoms with Crippen molar-refractivity contribution in [1.82, 2.24) is 14.8 Å². The highest BCUT2D eigenvalue weighted by atomic mass is 35.5. The van der Waals surface area contributed by atoms with E-state index in [1.165, 1.54) is 5.69 Å². The van der Waals surface area contributed by atoms with Crippen LogP contribution < -0.4 is 4.90 Å². The first kappa shape index (κ1) is 16.7. The molecule has 0 radical (unpaired) electrons. The fraction of sp³-hybridized carbons (Fsp3) is 0.368. The first-order chi connectivity index (χ1) is 11.9. The third-order valence-corrected chi connectivity index (χ3v) is 5.05. The van der Waals surface area contributed by atoms with Gasteiger partial charge in [0.15, 0.2) is 0 Å². The molecule has 2 aromatic heterocycles. The number of aromatic nitrogens is 3. The number of benzene rings is 1. The van der Waals surface area contributed by atoms with E-state index in [-0.39, 0.29) is 0 Å². The topological polar surface area (TPSA) is 34.0 Å². The predicted octanol–water partition coefficient (Wildman–Crippen LogP) is 5.19. The molecule has 0 aliphatic carbocycles. The number of nitrogens with zero attached hydrogens (tertiary/aromatic N) is 4. The maximum atomic E-state index is 6.44. The van der Waals surface area contributed by atoms with Gasteiger partial charge in [-0.1, -0.05) is 37.0 Å². The summed E-state index contributed by atoms with van der Waals surface area (Å²) in [5.41, 5.74) is 5.91. The van der Waals surface area contributed by atoms with Crippen molar-refractivity contribution in [1.29, 1.82) is 0 Å². The fourth-order valence-electron chi connectivity index (χ4n) is 3.52. The molecular formula is C19H20Cl2N4. The molecule has 0 fully saturated rings. The SMILES string of the molecule is Cc1cc2c3c(n1)c(-c1ccc(Cl)cc1Cl)nn3CCN2CC(C)C. The van der Waals surface area contributed by atoms with Gasteiger partial charge in [0.25, 0.3) is 0 Å². The molecule has 130 valence electrons. The smallest absolute Gasteiger partial charge is 0.120 e. The lowest BCUT2D eigenvalue weighted by Gasteiger charge is -2.31. The van der Waals surface area contributed by atoms with E-state index in [9.17, 15) is 0 Å². The summed E-state index contributed by atoms with van der Waals surface area (Å²) in [5, 5.41) is 6.05. The van der Waals surface area contributed by atoms with E-state index in [2.05, 4.69) is 29.5 Å². The Labute approximate surface area is 157 Å². The van der Waals surface area contributed by atoms with Crippen LogP contribution in [0, 0.1) is 12.8 Å². The lowest BCUT2D eigenvalue weighted by Crippen LogP contribution is -2.34. The van der Waals surface area contributed by atoms with Crippen molar-refractivity contribution in [3.05, 3.63) is 40.0 Å². The molecule has 0 N–H and O–H groups in total. The van der Waals surface area contributed by atoms with Crippen LogP contribution in [0.1, 0.15) is 19.5 Å². The molecule has 0 atom stereocenters. The van der Waals surface area contributed by atoms with Crippen molar-refractivity contribution in [2.75, 3.05) is 18.0 Å². The monoisotopic (exact) mass is 374 g/mol. The van der Waals surface area contributed by atoms with E-state index in [1.807, 2.05) is 19.1 Å². The molecule has 0 spiro atoms. The highest BCUT2D eigenvalue weighted by Gasteiger charge is 2.25. The maximum Gasteiger partial charge on any atom is 0.120 e. The van der Waals surface area contributed by atoms with Crippen LogP contribution in [0.25, 0.3) is 22.3 Å². The molecule has 0 saturated carbocycles. The summed E-state index contributed by atoms with van der Waals surface area (Å²) >= 11 is 12.5. The fourth-order valence-corrected chi connectivity index (χ4v) is 4.02. The number of halogens is 2. The number of hydrogen-bond acceptors (Lipinski definition) is 3. The normalized spacial score (nSPS) is 13.9. The van der Waals surface area contributed by atoms with Crippen LogP contribution in [-0.4, -0.2) is 27.9 Å². The molecule has 1 aliphatic rings. The Morgan fingerprint density at radius 1 is 1.16 bits per heavy atom. The highest BCUT2D eigenvalue weighted by molar-refractivity contribution is 6.36. The van der Waals surface area contributed by atoms with Crippen LogP contribution in [0.5, 0.6) is 0 Å². The average molecular weight is 375 g/mol. The van der Waals surface area contributed by atoms with Crippen molar-refractivity contribution < 1.29 is 0 Å². The first-order valence-corrected chi connectivity index (χ1v) is 9.28. The van der Waals surface area contributed by atoms with Gasteiger partial charge in [0.05, 0.1) is 17.3 Å². The zero-order valence-electron chi connectivity index (χ0n) is 14.6. The Morgan fingerprint density at radius 2 is 1.96 bits per heavy atom. The van der Waals surface area contributed by atoms with Gasteiger partial charge in [-0.3, -0.25) is 4.68 Å². The second-order valence-corrected chi connectivity index (χ2v) is 7.86. The molecule has 1 aliphatic heterocycles. The number of hydrogen-bond donors (Lipinski definition) is 0. The molecule has 1 aromatic carbocycles. The summed E-state index contributed by atoms with van der Waals surface area (Å²) in [7, 11) is 0. The lowest BCUT2D eigenvalue weighted by atomic mass is 10.1. The minimum atomic E-state index is 0.599. The van der Waals surface area contributed by atoms with Crippen molar-refractivity contribution in [2.45, 2.75) is 27.3 Å². The number of rotatable bonds is 3. The second-order valence-electron chi connectivity index (χ2n) is 7.02. The Bertz CT molecular complexity index is 962. The molecule has 6 heteroatoms. The van der Waals surface area contributed by atoms with Gasteiger partial charge in [0.1, 0.15) is 16.7 Å². The van der Waals surface area contributed by atoms with E-state index >= 15 is 0 Å². The van der Waals surface area contributed by atoms with Crippen molar-refractivity contribution in [3.8, 4) is 11.3 Å². The lowest BCUT2D eigenvalue weighted by molar-refractivity contribution is 0.548. The van der Waals surface area contributed by atoms with Crippen molar-refractivity contribution in [2.24, 2.45) is 5.92 Å². The van der Waals surface area contributed by atoms with E-state index < -0.39 is 0 Å². The number of pyridine rings is 1. The van der Waals surface area contributed by atoms with Gasteiger partial charge in [0, 0.05) is 29.4 Å².